The number of nitrogens with zero attached hydrogens (tertiary/aromatic N) is 3. The maximum absolute atomic E-state index is 6.90. The van der Waals surface area contributed by atoms with E-state index in [-0.39, 0.29) is 12.1 Å². The molecule has 1 N–H and O–H groups in total. The normalized spacial score (nSPS) is 25.4. The fourth-order valence-corrected chi connectivity index (χ4v) is 7.04. The van der Waals surface area contributed by atoms with Crippen molar-refractivity contribution in [2.75, 3.05) is 22.9 Å². The van der Waals surface area contributed by atoms with Crippen LogP contribution in [-0.2, 0) is 0 Å². The van der Waals surface area contributed by atoms with Gasteiger partial charge in [0.05, 0.1) is 28.5 Å². The first-order valence-electron chi connectivity index (χ1n) is 11.5. The second-order valence-electron chi connectivity index (χ2n) is 9.45. The fourth-order valence-electron chi connectivity index (χ4n) is 5.35. The average Bonchev–Trinajstić information content (AvgIpc) is 3.35. The first-order valence-corrected chi connectivity index (χ1v) is 13.2. The predicted molar refractivity (Wildman–Crippen MR) is 144 cm³/mol. The molecule has 172 valence electrons. The lowest BCUT2D eigenvalue weighted by atomic mass is 9.91. The van der Waals surface area contributed by atoms with Gasteiger partial charge < -0.3 is 15.1 Å². The van der Waals surface area contributed by atoms with Gasteiger partial charge in [-0.3, -0.25) is 4.98 Å². The molecule has 4 heterocycles. The molecule has 33 heavy (non-hydrogen) atoms. The number of thiophene rings is 1. The van der Waals surface area contributed by atoms with Crippen molar-refractivity contribution in [3.63, 3.8) is 0 Å². The fraction of sp³-hybridized carbons (Fsp3) is 0.385. The van der Waals surface area contributed by atoms with Crippen molar-refractivity contribution in [1.29, 1.82) is 0 Å². The summed E-state index contributed by atoms with van der Waals surface area (Å²) in [6.07, 6.45) is 3.12. The molecular weight excluding hydrogens is 468 g/mol. The highest BCUT2D eigenvalue weighted by Crippen LogP contribution is 2.45. The van der Waals surface area contributed by atoms with E-state index in [0.29, 0.717) is 16.9 Å². The van der Waals surface area contributed by atoms with Gasteiger partial charge in [0.1, 0.15) is 0 Å². The highest BCUT2D eigenvalue weighted by atomic mass is 35.5. The molecule has 0 unspecified atom stereocenters. The third kappa shape index (κ3) is 4.36. The van der Waals surface area contributed by atoms with E-state index in [2.05, 4.69) is 76.6 Å². The smallest absolute Gasteiger partial charge is 0.174 e. The summed E-state index contributed by atoms with van der Waals surface area (Å²) in [6.45, 7) is 8.91. The van der Waals surface area contributed by atoms with Crippen LogP contribution in [0.5, 0.6) is 0 Å². The molecule has 4 nitrogen and oxygen atoms in total. The van der Waals surface area contributed by atoms with E-state index in [1.54, 1.807) is 11.3 Å². The number of aryl methyl sites for hydroxylation is 1. The molecule has 0 amide bonds. The highest BCUT2D eigenvalue weighted by molar-refractivity contribution is 7.80. The third-order valence-electron chi connectivity index (χ3n) is 6.69. The first kappa shape index (κ1) is 22.6. The molecule has 3 aromatic rings. The summed E-state index contributed by atoms with van der Waals surface area (Å²) in [5.41, 5.74) is 4.37. The van der Waals surface area contributed by atoms with Crippen LogP contribution in [0.4, 0.5) is 11.4 Å². The Kier molecular flexibility index (Phi) is 6.34. The Morgan fingerprint density at radius 2 is 1.91 bits per heavy atom. The van der Waals surface area contributed by atoms with Crippen LogP contribution in [-0.4, -0.2) is 23.2 Å². The Morgan fingerprint density at radius 1 is 1.12 bits per heavy atom. The highest BCUT2D eigenvalue weighted by Gasteiger charge is 2.42. The van der Waals surface area contributed by atoms with E-state index in [9.17, 15) is 0 Å². The van der Waals surface area contributed by atoms with Gasteiger partial charge in [-0.25, -0.2) is 0 Å². The maximum atomic E-state index is 6.90. The van der Waals surface area contributed by atoms with Crippen LogP contribution in [0.2, 0.25) is 5.02 Å². The van der Waals surface area contributed by atoms with Crippen molar-refractivity contribution in [2.24, 2.45) is 11.8 Å². The number of benzene rings is 1. The number of aromatic nitrogens is 1. The molecule has 1 aromatic carbocycles. The Labute approximate surface area is 210 Å². The summed E-state index contributed by atoms with van der Waals surface area (Å²) in [5.74, 6) is 1.34. The summed E-state index contributed by atoms with van der Waals surface area (Å²) in [5, 5.41) is 7.17. The Balaban J connectivity index is 1.52. The number of rotatable bonds is 4. The van der Waals surface area contributed by atoms with Gasteiger partial charge in [-0.15, -0.1) is 11.3 Å². The molecule has 5 rings (SSSR count). The van der Waals surface area contributed by atoms with E-state index in [4.69, 9.17) is 23.8 Å². The van der Waals surface area contributed by atoms with Crippen LogP contribution < -0.4 is 15.1 Å². The number of hydrogen-bond donors (Lipinski definition) is 1. The number of pyridine rings is 1. The SMILES string of the molecule is Cc1ccsc1[C@@H]1[C@H](c2ccccn2)NC(=S)N1c1ccc(N2C[C@H](C)C[C@H](C)C2)c(Cl)c1. The molecule has 0 saturated carbocycles. The van der Waals surface area contributed by atoms with Crippen molar-refractivity contribution in [2.45, 2.75) is 39.3 Å². The molecule has 2 saturated heterocycles. The predicted octanol–water partition coefficient (Wildman–Crippen LogP) is 6.76. The monoisotopic (exact) mass is 496 g/mol. The van der Waals surface area contributed by atoms with Crippen molar-refractivity contribution < 1.29 is 0 Å². The standard InChI is InChI=1S/C26H29ClN4S2/c1-16-12-17(2)15-30(14-16)22-8-7-19(13-20(22)27)31-24(25-18(3)9-11-33-25)23(29-26(31)32)21-6-4-5-10-28-21/h4-11,13,16-17,23-24H,12,14-15H2,1-3H3,(H,29,32)/t16-,17+,23-,24-/m0/s1. The second-order valence-corrected chi connectivity index (χ2v) is 11.2. The zero-order valence-electron chi connectivity index (χ0n) is 19.2. The van der Waals surface area contributed by atoms with E-state index in [1.807, 2.05) is 18.3 Å². The van der Waals surface area contributed by atoms with Crippen LogP contribution in [0, 0.1) is 18.8 Å². The van der Waals surface area contributed by atoms with E-state index in [1.165, 1.54) is 16.9 Å². The van der Waals surface area contributed by atoms with E-state index in [0.717, 1.165) is 35.2 Å². The molecule has 0 bridgehead atoms. The lowest BCUT2D eigenvalue weighted by Gasteiger charge is -2.37. The van der Waals surface area contributed by atoms with Crippen LogP contribution in [0.1, 0.15) is 48.5 Å². The molecule has 2 aromatic heterocycles. The Bertz CT molecular complexity index is 1140. The lowest BCUT2D eigenvalue weighted by molar-refractivity contribution is 0.357. The van der Waals surface area contributed by atoms with Crippen molar-refractivity contribution in [3.8, 4) is 0 Å². The third-order valence-corrected chi connectivity index (χ3v) is 8.39. The van der Waals surface area contributed by atoms with E-state index < -0.39 is 0 Å². The largest absolute Gasteiger partial charge is 0.370 e. The van der Waals surface area contributed by atoms with Gasteiger partial charge in [-0.05, 0) is 84.7 Å². The van der Waals surface area contributed by atoms with Crippen LogP contribution in [0.3, 0.4) is 0 Å². The van der Waals surface area contributed by atoms with Crippen molar-refractivity contribution in [1.82, 2.24) is 10.3 Å². The number of nitrogens with one attached hydrogen (secondary N) is 1. The topological polar surface area (TPSA) is 31.4 Å². The number of thiocarbonyl (C=S) groups is 1. The molecule has 2 aliphatic rings. The number of hydrogen-bond acceptors (Lipinski definition) is 4. The lowest BCUT2D eigenvalue weighted by Crippen LogP contribution is -2.38. The minimum Gasteiger partial charge on any atom is -0.370 e. The zero-order chi connectivity index (χ0) is 23.1. The van der Waals surface area contributed by atoms with Gasteiger partial charge in [-0.2, -0.15) is 0 Å². The number of piperidine rings is 1. The molecule has 0 aliphatic carbocycles. The Morgan fingerprint density at radius 3 is 2.55 bits per heavy atom. The Hall–Kier alpha value is -2.15. The van der Waals surface area contributed by atoms with Gasteiger partial charge in [-0.1, -0.05) is 31.5 Å². The van der Waals surface area contributed by atoms with Crippen LogP contribution >= 0.6 is 35.2 Å². The molecular formula is C26H29ClN4S2. The van der Waals surface area contributed by atoms with Crippen LogP contribution in [0.25, 0.3) is 0 Å². The first-order chi connectivity index (χ1) is 15.9. The molecule has 2 aliphatic heterocycles. The number of halogens is 1. The maximum Gasteiger partial charge on any atom is 0.174 e. The van der Waals surface area contributed by atoms with Crippen LogP contribution in [0.15, 0.2) is 54.0 Å². The van der Waals surface area contributed by atoms with E-state index >= 15 is 0 Å². The van der Waals surface area contributed by atoms with Gasteiger partial charge in [0.25, 0.3) is 0 Å². The molecule has 0 radical (unpaired) electrons. The minimum atomic E-state index is -0.0294. The molecule has 2 fully saturated rings. The molecule has 4 atom stereocenters. The summed E-state index contributed by atoms with van der Waals surface area (Å²) in [4.78, 5) is 10.6. The zero-order valence-corrected chi connectivity index (χ0v) is 21.6. The summed E-state index contributed by atoms with van der Waals surface area (Å²) in [7, 11) is 0. The number of anilines is 2. The molecule has 7 heteroatoms. The summed E-state index contributed by atoms with van der Waals surface area (Å²) < 4.78 is 0. The summed E-state index contributed by atoms with van der Waals surface area (Å²) in [6, 6.07) is 14.6. The summed E-state index contributed by atoms with van der Waals surface area (Å²) >= 11 is 14.5. The van der Waals surface area contributed by atoms with Crippen molar-refractivity contribution in [3.05, 3.63) is 75.2 Å². The van der Waals surface area contributed by atoms with Gasteiger partial charge in [0, 0.05) is 29.9 Å². The quantitative estimate of drug-likeness (QED) is 0.403. The molecule has 0 spiro atoms. The average molecular weight is 497 g/mol. The second kappa shape index (κ2) is 9.24. The van der Waals surface area contributed by atoms with Gasteiger partial charge in [0.15, 0.2) is 5.11 Å². The van der Waals surface area contributed by atoms with Gasteiger partial charge in [0.2, 0.25) is 0 Å². The minimum absolute atomic E-state index is 0.0179. The van der Waals surface area contributed by atoms with Gasteiger partial charge >= 0.3 is 0 Å². The van der Waals surface area contributed by atoms with Crippen molar-refractivity contribution >= 4 is 51.6 Å².